The van der Waals surface area contributed by atoms with Crippen molar-refractivity contribution in [1.82, 2.24) is 0 Å². The molecular weight excluding hydrogens is 1230 g/mol. The SMILES string of the molecule is [2H]c1c([2H])c(-c2c([2H])c(-c3c4c([2H])c([2H])c([2H])c([2H])c4c(-c4c([2H])c([2H])c([2H])c5c([2H])c([2H])c([2H])c([2H])c45)c4c([2H])c([2H])c([2H])c([2H])c34)c3c([2H])c([2H])c([2H])c([2H])c3c2[2H])c2c(oc3c4c([2H])c([2H])c([2H])c([2H])c4c([2H])c([2H])c32)c1[2H].[2H]c1c([2H])c(-c2c([2H])c([2H])c(-c3c4c([2H])c([2H])c([2H])c([2H])c4c(-c4c([2H])c([2H])c([2H])c5c([2H])c([2H])c([2H])c([2H])c45)c4c([2H])c([2H])c([2H])c([2H])c34)c3c([2H])c([2H])c([2H])c([2H])c23)c2c(oc3c([2H])c4c([2H])c([2H])c([2H])c([2H])c4c([2H])c32)c1[2H]. The van der Waals surface area contributed by atoms with Crippen molar-refractivity contribution in [3.05, 3.63) is 363 Å². The Labute approximate surface area is 671 Å². The molecule has 22 aromatic rings. The Hall–Kier alpha value is -13.4. The van der Waals surface area contributed by atoms with E-state index in [1.54, 1.807) is 0 Å². The van der Waals surface area contributed by atoms with Crippen LogP contribution < -0.4 is 0 Å². The van der Waals surface area contributed by atoms with E-state index < -0.39 is 581 Å². The molecule has 0 amide bonds. The van der Waals surface area contributed by atoms with Crippen molar-refractivity contribution in [1.29, 1.82) is 0 Å². The maximum absolute atomic E-state index is 10.4. The highest BCUT2D eigenvalue weighted by atomic mass is 16.3. The van der Waals surface area contributed by atoms with E-state index in [0.29, 0.717) is 0 Å². The average Bonchev–Trinajstić information content (AvgIpc) is 0.827. The first-order valence-electron chi connectivity index (χ1n) is 60.3. The van der Waals surface area contributed by atoms with Gasteiger partial charge in [0.2, 0.25) is 0 Å². The van der Waals surface area contributed by atoms with E-state index in [0.717, 1.165) is 0 Å². The van der Waals surface area contributed by atoms with Crippen molar-refractivity contribution in [2.75, 3.05) is 0 Å². The maximum Gasteiger partial charge on any atom is 0.143 e. The molecule has 0 saturated carbocycles. The molecule has 0 N–H and O–H groups in total. The van der Waals surface area contributed by atoms with Crippen molar-refractivity contribution in [2.24, 2.45) is 0 Å². The molecule has 0 aliphatic carbocycles. The van der Waals surface area contributed by atoms with Gasteiger partial charge in [-0.05, 0) is 211 Å². The number of hydrogen-bond donors (Lipinski definition) is 0. The zero-order chi connectivity index (χ0) is 119. The van der Waals surface area contributed by atoms with Gasteiger partial charge in [-0.2, -0.15) is 0 Å². The van der Waals surface area contributed by atoms with Gasteiger partial charge >= 0.3 is 0 Å². The van der Waals surface area contributed by atoms with Crippen molar-refractivity contribution < 1.29 is 91.1 Å². The third-order valence-corrected chi connectivity index (χ3v) is 17.3. The normalized spacial score (nSPS) is 20.2. The van der Waals surface area contributed by atoms with Gasteiger partial charge in [0.1, 0.15) is 22.3 Å². The number of hydrogen-bond acceptors (Lipinski definition) is 2. The van der Waals surface area contributed by atoms with Crippen molar-refractivity contribution >= 4 is 152 Å². The second kappa shape index (κ2) is 23.1. The molecule has 2 heteroatoms. The summed E-state index contributed by atoms with van der Waals surface area (Å²) in [6.45, 7) is 0. The standard InChI is InChI=1S/2C50H30O/c1-4-17-35-31(13-1)16-11-25-39(35)47-40-20-7-9-22-42(40)48(43-23-10-8-21-41(43)47)45-30-34(29-33-15-3-5-18-36(33)45)37-24-12-26-46-49(37)44-28-27-32-14-2-6-19-38(32)50(44)51-46;1-2-15-33-30-47-45(29-32(33)14-1)50-39(25-12-26-46(50)51-47)37-27-28-44(36-19-6-5-18-35(36)37)49-42-22-9-7-20-40(42)48(41-21-8-10-23-43(41)49)38-24-11-16-31-13-3-4-17-34(31)38/h2*1-30H/i2*1D,2D,3D,4D,5D,6D,7D,8D,9D,10D,11D,12D,13D,14D,15D,16D,17D,18D,19D,20D,21D,22D,23D,24D,25D,26D,27D,28D,29D,30D. The lowest BCUT2D eigenvalue weighted by Gasteiger charge is -2.20. The molecule has 0 aliphatic rings. The summed E-state index contributed by atoms with van der Waals surface area (Å²) in [6, 6.07) is -57.9. The molecule has 20 aromatic carbocycles. The van der Waals surface area contributed by atoms with E-state index in [-0.39, 0.29) is 0 Å². The van der Waals surface area contributed by atoms with Crippen molar-refractivity contribution in [2.45, 2.75) is 0 Å². The molecule has 0 bridgehead atoms. The summed E-state index contributed by atoms with van der Waals surface area (Å²) < 4.78 is 561. The molecule has 0 unspecified atom stereocenters. The quantitative estimate of drug-likeness (QED) is 0.155. The van der Waals surface area contributed by atoms with Crippen LogP contribution in [0, 0.1) is 0 Å². The van der Waals surface area contributed by atoms with Crippen LogP contribution in [0.15, 0.2) is 371 Å². The van der Waals surface area contributed by atoms with Gasteiger partial charge in [0.25, 0.3) is 0 Å². The van der Waals surface area contributed by atoms with Crippen LogP contribution in [0.2, 0.25) is 0 Å². The minimum Gasteiger partial charge on any atom is -0.456 e. The van der Waals surface area contributed by atoms with E-state index in [2.05, 4.69) is 0 Å². The second-order valence-electron chi connectivity index (χ2n) is 22.5. The van der Waals surface area contributed by atoms with Gasteiger partial charge in [-0.15, -0.1) is 0 Å². The molecule has 0 fully saturated rings. The lowest BCUT2D eigenvalue weighted by molar-refractivity contribution is 0.669. The fourth-order valence-corrected chi connectivity index (χ4v) is 13.1. The molecule has 102 heavy (non-hydrogen) atoms. The largest absolute Gasteiger partial charge is 0.456 e. The zero-order valence-corrected chi connectivity index (χ0v) is 50.8. The van der Waals surface area contributed by atoms with Crippen LogP contribution in [0.5, 0.6) is 0 Å². The van der Waals surface area contributed by atoms with Crippen LogP contribution in [0.3, 0.4) is 0 Å². The van der Waals surface area contributed by atoms with E-state index >= 15 is 0 Å². The number of benzene rings is 20. The third kappa shape index (κ3) is 8.93. The van der Waals surface area contributed by atoms with Gasteiger partial charge in [-0.3, -0.25) is 0 Å². The van der Waals surface area contributed by atoms with E-state index in [1.165, 1.54) is 0 Å². The first-order chi connectivity index (χ1) is 75.6. The Balaban J connectivity index is 0.000000186. The second-order valence-corrected chi connectivity index (χ2v) is 22.5. The van der Waals surface area contributed by atoms with Gasteiger partial charge in [-0.25, -0.2) is 0 Å². The summed E-state index contributed by atoms with van der Waals surface area (Å²) in [5.41, 5.74) is -12.2. The summed E-state index contributed by atoms with van der Waals surface area (Å²) in [6.07, 6.45) is 0. The van der Waals surface area contributed by atoms with Gasteiger partial charge in [-0.1, -0.05) is 320 Å². The predicted molar refractivity (Wildman–Crippen MR) is 435 cm³/mol. The van der Waals surface area contributed by atoms with Crippen LogP contribution in [0.4, 0.5) is 0 Å². The fraction of sp³-hybridized carbons (Fsp3) is 0. The molecule has 2 nitrogen and oxygen atoms in total. The Bertz CT molecular complexity index is 10900. The summed E-state index contributed by atoms with van der Waals surface area (Å²) in [7, 11) is 0. The number of rotatable bonds is 6. The Morgan fingerprint density at radius 2 is 0.510 bits per heavy atom. The van der Waals surface area contributed by atoms with Gasteiger partial charge < -0.3 is 8.83 Å². The van der Waals surface area contributed by atoms with Crippen LogP contribution >= 0.6 is 0 Å². The smallest absolute Gasteiger partial charge is 0.143 e. The van der Waals surface area contributed by atoms with E-state index in [9.17, 15) is 31.5 Å². The lowest BCUT2D eigenvalue weighted by Crippen LogP contribution is -1.93. The summed E-state index contributed by atoms with van der Waals surface area (Å²) in [5.74, 6) is 0. The molecule has 0 aliphatic heterocycles. The van der Waals surface area contributed by atoms with Crippen molar-refractivity contribution in [3.63, 3.8) is 0 Å². The van der Waals surface area contributed by atoms with Crippen LogP contribution in [0.1, 0.15) is 82.2 Å². The maximum atomic E-state index is 10.4. The molecular formula is C100H60O2. The highest BCUT2D eigenvalue weighted by molar-refractivity contribution is 6.29. The molecule has 0 spiro atoms. The fourth-order valence-electron chi connectivity index (χ4n) is 13.1. The molecule has 2 heterocycles. The van der Waals surface area contributed by atoms with Crippen LogP contribution in [0.25, 0.3) is 218 Å². The number of fused-ring (bicyclic) bond motifs is 17. The van der Waals surface area contributed by atoms with Gasteiger partial charge in [0.15, 0.2) is 0 Å². The zero-order valence-electron chi connectivity index (χ0n) is 111. The third-order valence-electron chi connectivity index (χ3n) is 17.3. The Morgan fingerprint density at radius 1 is 0.167 bits per heavy atom. The number of furan rings is 2. The molecule has 22 rings (SSSR count). The minimum atomic E-state index is -1.15. The van der Waals surface area contributed by atoms with Gasteiger partial charge in [0, 0.05) is 26.9 Å². The first-order valence-corrected chi connectivity index (χ1v) is 30.3. The molecule has 2 aromatic heterocycles. The topological polar surface area (TPSA) is 26.3 Å². The van der Waals surface area contributed by atoms with Crippen LogP contribution in [-0.4, -0.2) is 0 Å². The lowest BCUT2D eigenvalue weighted by atomic mass is 9.83. The molecule has 0 saturated heterocycles. The molecule has 0 atom stereocenters. The molecule has 472 valence electrons. The van der Waals surface area contributed by atoms with Gasteiger partial charge in [0.05, 0.1) is 82.2 Å². The van der Waals surface area contributed by atoms with E-state index in [1.807, 2.05) is 0 Å². The predicted octanol–water partition coefficient (Wildman–Crippen LogP) is 28.7. The van der Waals surface area contributed by atoms with Crippen LogP contribution in [-0.2, 0) is 0 Å². The summed E-state index contributed by atoms with van der Waals surface area (Å²) in [5, 5.41) is -16.7. The highest BCUT2D eigenvalue weighted by Gasteiger charge is 2.25. The van der Waals surface area contributed by atoms with Crippen molar-refractivity contribution in [3.8, 4) is 66.8 Å². The Morgan fingerprint density at radius 3 is 1.04 bits per heavy atom. The highest BCUT2D eigenvalue weighted by Crippen LogP contribution is 2.52. The minimum absolute atomic E-state index is 0.488. The Kier molecular flexibility index (Phi) is 5.42. The average molecular weight is 1350 g/mol. The van der Waals surface area contributed by atoms with E-state index in [4.69, 9.17) is 59.6 Å². The summed E-state index contributed by atoms with van der Waals surface area (Å²) >= 11 is 0. The summed E-state index contributed by atoms with van der Waals surface area (Å²) in [4.78, 5) is 0. The first kappa shape index (κ1) is 23.9. The monoisotopic (exact) mass is 1350 g/mol. The molecule has 0 radical (unpaired) electrons.